The van der Waals surface area contributed by atoms with Gasteiger partial charge in [-0.2, -0.15) is 18.4 Å². The van der Waals surface area contributed by atoms with E-state index in [9.17, 15) is 36.8 Å². The second kappa shape index (κ2) is 10.4. The predicted octanol–water partition coefficient (Wildman–Crippen LogP) is 4.09. The first kappa shape index (κ1) is 27.9. The first-order valence-electron chi connectivity index (χ1n) is 13.0. The Bertz CT molecular complexity index is 1370. The number of halogens is 3. The number of alkyl halides is 3. The van der Waals surface area contributed by atoms with E-state index in [4.69, 9.17) is 0 Å². The van der Waals surface area contributed by atoms with E-state index in [1.54, 1.807) is 24.3 Å². The summed E-state index contributed by atoms with van der Waals surface area (Å²) >= 11 is 0.768. The average Bonchev–Trinajstić information content (AvgIpc) is 3.54. The Balaban J connectivity index is 1.48. The average molecular weight is 583 g/mol. The molecule has 2 saturated carbocycles. The third-order valence-electron chi connectivity index (χ3n) is 7.83. The van der Waals surface area contributed by atoms with Crippen molar-refractivity contribution in [2.45, 2.75) is 62.3 Å². The quantitative estimate of drug-likeness (QED) is 0.526. The fraction of sp³-hybridized carbons (Fsp3) is 0.577. The van der Waals surface area contributed by atoms with Gasteiger partial charge < -0.3 is 15.3 Å². The number of carbonyl (C=O) groups excluding carboxylic acids is 1. The molecule has 1 aliphatic heterocycles. The lowest BCUT2D eigenvalue weighted by Gasteiger charge is -2.31. The van der Waals surface area contributed by atoms with Crippen LogP contribution < -0.4 is 10.2 Å². The van der Waals surface area contributed by atoms with Crippen LogP contribution in [-0.2, 0) is 14.6 Å². The maximum absolute atomic E-state index is 13.4. The molecular formula is C26H29F3N4O4S2. The highest BCUT2D eigenvalue weighted by molar-refractivity contribution is 7.91. The second-order valence-electron chi connectivity index (χ2n) is 10.6. The van der Waals surface area contributed by atoms with Crippen LogP contribution in [0.1, 0.15) is 61.2 Å². The van der Waals surface area contributed by atoms with Crippen LogP contribution in [-0.4, -0.2) is 60.7 Å². The predicted molar refractivity (Wildman–Crippen MR) is 140 cm³/mol. The summed E-state index contributed by atoms with van der Waals surface area (Å²) in [6, 6.07) is 9.25. The van der Waals surface area contributed by atoms with Gasteiger partial charge in [0.1, 0.15) is 10.5 Å². The minimum absolute atomic E-state index is 0.0602. The third-order valence-corrected chi connectivity index (χ3v) is 10.6. The number of anilines is 1. The van der Waals surface area contributed by atoms with Crippen molar-refractivity contribution in [3.63, 3.8) is 0 Å². The molecule has 210 valence electrons. The Hall–Kier alpha value is -2.69. The monoisotopic (exact) mass is 582 g/mol. The molecule has 2 N–H and O–H groups in total. The zero-order valence-electron chi connectivity index (χ0n) is 21.1. The molecule has 2 heterocycles. The minimum atomic E-state index is -4.89. The van der Waals surface area contributed by atoms with E-state index in [1.807, 2.05) is 4.90 Å². The Labute approximate surface area is 228 Å². The summed E-state index contributed by atoms with van der Waals surface area (Å²) in [5.41, 5.74) is 0.913. The van der Waals surface area contributed by atoms with Crippen molar-refractivity contribution in [1.82, 2.24) is 10.3 Å². The number of nitrogens with zero attached hydrogens (tertiary/aromatic N) is 3. The standard InChI is InChI=1S/C26H29F3N4O4S2/c27-26(28,29)22(34)24-31-20(18-3-1-2-4-19(18)23(35)32-25(15-30)9-10-25)21(38-24)16-5-7-17(8-6-16)33-11-13-39(36,37)14-12-33/h5-8,18-19,22,34H,1-4,9-14H2,(H,32,35)/t18-,19-,22?/m1/s1. The van der Waals surface area contributed by atoms with Gasteiger partial charge in [-0.25, -0.2) is 13.4 Å². The van der Waals surface area contributed by atoms with Gasteiger partial charge in [-0.05, 0) is 43.4 Å². The lowest BCUT2D eigenvalue weighted by atomic mass is 9.76. The Morgan fingerprint density at radius 3 is 2.41 bits per heavy atom. The van der Waals surface area contributed by atoms with E-state index in [0.29, 0.717) is 54.9 Å². The molecule has 2 aromatic rings. The van der Waals surface area contributed by atoms with Gasteiger partial charge in [-0.3, -0.25) is 4.79 Å². The number of amides is 1. The first-order chi connectivity index (χ1) is 18.4. The minimum Gasteiger partial charge on any atom is -0.377 e. The van der Waals surface area contributed by atoms with E-state index in [2.05, 4.69) is 16.4 Å². The topological polar surface area (TPSA) is 123 Å². The highest BCUT2D eigenvalue weighted by Crippen LogP contribution is 2.47. The number of nitrogens with one attached hydrogen (secondary N) is 1. The molecule has 0 radical (unpaired) electrons. The number of aliphatic hydroxyl groups excluding tert-OH is 1. The van der Waals surface area contributed by atoms with Crippen LogP contribution in [0.4, 0.5) is 18.9 Å². The van der Waals surface area contributed by atoms with Crippen molar-refractivity contribution in [3.8, 4) is 16.5 Å². The van der Waals surface area contributed by atoms with Crippen LogP contribution in [0.3, 0.4) is 0 Å². The van der Waals surface area contributed by atoms with Crippen LogP contribution in [0.5, 0.6) is 0 Å². The number of benzene rings is 1. The molecule has 13 heteroatoms. The summed E-state index contributed by atoms with van der Waals surface area (Å²) in [5, 5.41) is 21.8. The van der Waals surface area contributed by atoms with Crippen molar-refractivity contribution in [2.75, 3.05) is 29.5 Å². The zero-order chi connectivity index (χ0) is 28.0. The Morgan fingerprint density at radius 2 is 1.82 bits per heavy atom. The number of carbonyl (C=O) groups is 1. The fourth-order valence-corrected chi connectivity index (χ4v) is 7.70. The molecule has 1 unspecified atom stereocenters. The number of aliphatic hydroxyl groups is 1. The molecule has 1 aromatic heterocycles. The number of rotatable bonds is 6. The molecule has 5 rings (SSSR count). The van der Waals surface area contributed by atoms with Gasteiger partial charge in [0.2, 0.25) is 12.0 Å². The molecule has 3 aliphatic rings. The van der Waals surface area contributed by atoms with Crippen molar-refractivity contribution in [1.29, 1.82) is 5.26 Å². The number of sulfone groups is 1. The molecule has 8 nitrogen and oxygen atoms in total. The highest BCUT2D eigenvalue weighted by Gasteiger charge is 2.48. The zero-order valence-corrected chi connectivity index (χ0v) is 22.7. The molecule has 39 heavy (non-hydrogen) atoms. The van der Waals surface area contributed by atoms with Gasteiger partial charge in [0.05, 0.1) is 28.1 Å². The molecule has 1 amide bonds. The normalized spacial score (nSPS) is 24.9. The van der Waals surface area contributed by atoms with E-state index >= 15 is 0 Å². The summed E-state index contributed by atoms with van der Waals surface area (Å²) in [4.78, 5) is 20.0. The Morgan fingerprint density at radius 1 is 1.18 bits per heavy atom. The molecule has 1 aromatic carbocycles. The number of hydrogen-bond donors (Lipinski definition) is 2. The lowest BCUT2D eigenvalue weighted by Crippen LogP contribution is -2.42. The molecule has 0 bridgehead atoms. The molecular weight excluding hydrogens is 553 g/mol. The summed E-state index contributed by atoms with van der Waals surface area (Å²) in [6.45, 7) is 0.719. The van der Waals surface area contributed by atoms with E-state index < -0.39 is 44.5 Å². The maximum Gasteiger partial charge on any atom is 0.420 e. The van der Waals surface area contributed by atoms with Crippen LogP contribution in [0.2, 0.25) is 0 Å². The molecule has 3 fully saturated rings. The van der Waals surface area contributed by atoms with Crippen molar-refractivity contribution in [3.05, 3.63) is 35.0 Å². The van der Waals surface area contributed by atoms with E-state index in [0.717, 1.165) is 29.9 Å². The van der Waals surface area contributed by atoms with Crippen LogP contribution in [0.25, 0.3) is 10.4 Å². The largest absolute Gasteiger partial charge is 0.420 e. The molecule has 2 aliphatic carbocycles. The summed E-state index contributed by atoms with van der Waals surface area (Å²) < 4.78 is 63.9. The van der Waals surface area contributed by atoms with Crippen LogP contribution in [0.15, 0.2) is 24.3 Å². The summed E-state index contributed by atoms with van der Waals surface area (Å²) in [5.74, 6) is -1.17. The van der Waals surface area contributed by atoms with Crippen molar-refractivity contribution >= 4 is 32.8 Å². The number of nitriles is 1. The van der Waals surface area contributed by atoms with E-state index in [1.165, 1.54) is 0 Å². The van der Waals surface area contributed by atoms with Gasteiger partial charge in [0.15, 0.2) is 9.84 Å². The summed E-state index contributed by atoms with van der Waals surface area (Å²) in [7, 11) is -3.05. The lowest BCUT2D eigenvalue weighted by molar-refractivity contribution is -0.206. The van der Waals surface area contributed by atoms with Crippen molar-refractivity contribution < 1.29 is 31.5 Å². The van der Waals surface area contributed by atoms with Gasteiger partial charge in [-0.1, -0.05) is 25.0 Å². The fourth-order valence-electron chi connectivity index (χ4n) is 5.35. The highest BCUT2D eigenvalue weighted by atomic mass is 32.2. The summed E-state index contributed by atoms with van der Waals surface area (Å²) in [6.07, 6.45) is -3.83. The SMILES string of the molecule is N#CC1(NC(=O)[C@@H]2CCCC[C@H]2c2nc(C(O)C(F)(F)F)sc2-c2ccc(N3CCS(=O)(=O)CC3)cc2)CC1. The smallest absolute Gasteiger partial charge is 0.377 e. The van der Waals surface area contributed by atoms with Gasteiger partial charge in [0.25, 0.3) is 0 Å². The second-order valence-corrected chi connectivity index (χ2v) is 13.9. The van der Waals surface area contributed by atoms with E-state index in [-0.39, 0.29) is 17.4 Å². The van der Waals surface area contributed by atoms with Gasteiger partial charge >= 0.3 is 6.18 Å². The molecule has 0 spiro atoms. The van der Waals surface area contributed by atoms with Gasteiger partial charge in [0, 0.05) is 30.6 Å². The maximum atomic E-state index is 13.4. The van der Waals surface area contributed by atoms with Crippen molar-refractivity contribution in [2.24, 2.45) is 5.92 Å². The number of hydrogen-bond acceptors (Lipinski definition) is 8. The van der Waals surface area contributed by atoms with Gasteiger partial charge in [-0.15, -0.1) is 11.3 Å². The molecule has 1 saturated heterocycles. The number of aromatic nitrogens is 1. The van der Waals surface area contributed by atoms with Crippen LogP contribution >= 0.6 is 11.3 Å². The first-order valence-corrected chi connectivity index (χ1v) is 15.6. The van der Waals surface area contributed by atoms with Crippen LogP contribution in [0, 0.1) is 17.2 Å². The Kier molecular flexibility index (Phi) is 7.41. The molecule has 3 atom stereocenters. The third kappa shape index (κ3) is 5.93. The number of thiazole rings is 1.